The van der Waals surface area contributed by atoms with E-state index < -0.39 is 0 Å². The third kappa shape index (κ3) is 3.09. The highest BCUT2D eigenvalue weighted by Gasteiger charge is 2.33. The van der Waals surface area contributed by atoms with Crippen LogP contribution >= 0.6 is 0 Å². The molecule has 0 spiro atoms. The molecule has 2 aromatic rings. The van der Waals surface area contributed by atoms with Crippen LogP contribution in [-0.4, -0.2) is 41.1 Å². The molecular weight excluding hydrogens is 322 g/mol. The highest BCUT2D eigenvalue weighted by atomic mass is 15.3. The fraction of sp³-hybridized carbons (Fsp3) is 0.381. The monoisotopic (exact) mass is 347 g/mol. The molecule has 2 aliphatic rings. The zero-order valence-corrected chi connectivity index (χ0v) is 15.1. The number of hydrogen-bond acceptors (Lipinski definition) is 5. The van der Waals surface area contributed by atoms with Crippen molar-refractivity contribution in [2.75, 3.05) is 36.0 Å². The molecule has 5 heteroatoms. The molecule has 4 heterocycles. The van der Waals surface area contributed by atoms with Gasteiger partial charge in [0, 0.05) is 44.5 Å². The number of nitrogens with zero attached hydrogens (tertiary/aromatic N) is 5. The normalized spacial score (nSPS) is 17.7. The highest BCUT2D eigenvalue weighted by molar-refractivity contribution is 5.63. The predicted molar refractivity (Wildman–Crippen MR) is 107 cm³/mol. The summed E-state index contributed by atoms with van der Waals surface area (Å²) in [5.74, 6) is 2.48. The van der Waals surface area contributed by atoms with Crippen LogP contribution in [0.25, 0.3) is 12.2 Å². The van der Waals surface area contributed by atoms with Crippen LogP contribution in [0.5, 0.6) is 0 Å². The largest absolute Gasteiger partial charge is 0.355 e. The van der Waals surface area contributed by atoms with E-state index in [0.29, 0.717) is 5.92 Å². The van der Waals surface area contributed by atoms with Crippen LogP contribution in [0.1, 0.15) is 42.1 Å². The Hall–Kier alpha value is -2.69. The fourth-order valence-electron chi connectivity index (χ4n) is 3.80. The maximum atomic E-state index is 4.71. The van der Waals surface area contributed by atoms with Gasteiger partial charge in [0.1, 0.15) is 5.82 Å². The van der Waals surface area contributed by atoms with Gasteiger partial charge in [0.25, 0.3) is 0 Å². The van der Waals surface area contributed by atoms with Gasteiger partial charge in [-0.15, -0.1) is 0 Å². The van der Waals surface area contributed by atoms with Crippen LogP contribution in [0.3, 0.4) is 0 Å². The summed E-state index contributed by atoms with van der Waals surface area (Å²) in [6.45, 7) is 11.7. The standard InChI is InChI=1S/C21H25N5/c1-3-16-8-9-19(24-18(16)4-2)26-14-17(15-26)20-21(23-11-10-22-20)25-12-6-5-7-13-25/h3-4,8-11,17H,1-2,5-7,12-15H2. The molecule has 0 unspecified atom stereocenters. The van der Waals surface area contributed by atoms with E-state index in [1.165, 1.54) is 19.3 Å². The smallest absolute Gasteiger partial charge is 0.150 e. The SMILES string of the molecule is C=Cc1ccc(N2CC(c3nccnc3N3CCCCC3)C2)nc1C=C. The molecule has 2 fully saturated rings. The van der Waals surface area contributed by atoms with Crippen LogP contribution in [0, 0.1) is 0 Å². The second-order valence-corrected chi connectivity index (χ2v) is 6.97. The summed E-state index contributed by atoms with van der Waals surface area (Å²) in [5.41, 5.74) is 3.04. The van der Waals surface area contributed by atoms with Crippen LogP contribution in [-0.2, 0) is 0 Å². The minimum Gasteiger partial charge on any atom is -0.355 e. The van der Waals surface area contributed by atoms with E-state index in [1.54, 1.807) is 6.08 Å². The van der Waals surface area contributed by atoms with Gasteiger partial charge in [0.2, 0.25) is 0 Å². The molecule has 26 heavy (non-hydrogen) atoms. The van der Waals surface area contributed by atoms with E-state index in [2.05, 4.69) is 45.1 Å². The first-order chi connectivity index (χ1) is 12.8. The first-order valence-electron chi connectivity index (χ1n) is 9.37. The van der Waals surface area contributed by atoms with Gasteiger partial charge in [-0.1, -0.05) is 19.2 Å². The van der Waals surface area contributed by atoms with Gasteiger partial charge in [-0.2, -0.15) is 0 Å². The quantitative estimate of drug-likeness (QED) is 0.824. The van der Waals surface area contributed by atoms with E-state index in [9.17, 15) is 0 Å². The van der Waals surface area contributed by atoms with E-state index in [-0.39, 0.29) is 0 Å². The van der Waals surface area contributed by atoms with E-state index in [0.717, 1.165) is 54.8 Å². The van der Waals surface area contributed by atoms with Crippen molar-refractivity contribution >= 4 is 23.8 Å². The van der Waals surface area contributed by atoms with Crippen molar-refractivity contribution in [2.24, 2.45) is 0 Å². The van der Waals surface area contributed by atoms with Crippen LogP contribution in [0.15, 0.2) is 37.7 Å². The Kier molecular flexibility index (Phi) is 4.69. The van der Waals surface area contributed by atoms with E-state index in [1.807, 2.05) is 18.5 Å². The summed E-state index contributed by atoms with van der Waals surface area (Å²) < 4.78 is 0. The molecule has 0 saturated carbocycles. The van der Waals surface area contributed by atoms with Gasteiger partial charge in [0.15, 0.2) is 5.82 Å². The third-order valence-electron chi connectivity index (χ3n) is 5.31. The summed E-state index contributed by atoms with van der Waals surface area (Å²) in [6, 6.07) is 4.11. The Labute approximate surface area is 155 Å². The highest BCUT2D eigenvalue weighted by Crippen LogP contribution is 2.34. The molecule has 0 N–H and O–H groups in total. The number of rotatable bonds is 5. The average Bonchev–Trinajstić information content (AvgIpc) is 2.68. The maximum absolute atomic E-state index is 4.71. The number of pyridine rings is 1. The molecule has 0 bridgehead atoms. The minimum absolute atomic E-state index is 0.411. The van der Waals surface area contributed by atoms with Gasteiger partial charge in [0.05, 0.1) is 11.4 Å². The molecule has 5 nitrogen and oxygen atoms in total. The van der Waals surface area contributed by atoms with Crippen LogP contribution in [0.4, 0.5) is 11.6 Å². The Morgan fingerprint density at radius 1 is 0.923 bits per heavy atom. The molecule has 2 aromatic heterocycles. The summed E-state index contributed by atoms with van der Waals surface area (Å²) in [6.07, 6.45) is 11.1. The molecule has 0 aromatic carbocycles. The topological polar surface area (TPSA) is 45.2 Å². The van der Waals surface area contributed by atoms with Gasteiger partial charge < -0.3 is 9.80 Å². The number of anilines is 2. The lowest BCUT2D eigenvalue weighted by atomic mass is 9.95. The lowest BCUT2D eigenvalue weighted by Crippen LogP contribution is -2.46. The first-order valence-corrected chi connectivity index (χ1v) is 9.37. The zero-order valence-electron chi connectivity index (χ0n) is 15.1. The summed E-state index contributed by atoms with van der Waals surface area (Å²) in [5, 5.41) is 0. The van der Waals surface area contributed by atoms with Crippen molar-refractivity contribution < 1.29 is 0 Å². The number of piperidine rings is 1. The van der Waals surface area contributed by atoms with Crippen LogP contribution in [0.2, 0.25) is 0 Å². The second kappa shape index (κ2) is 7.28. The van der Waals surface area contributed by atoms with Crippen molar-refractivity contribution in [1.29, 1.82) is 0 Å². The van der Waals surface area contributed by atoms with Crippen molar-refractivity contribution in [3.05, 3.63) is 54.6 Å². The Bertz CT molecular complexity index is 804. The van der Waals surface area contributed by atoms with Gasteiger partial charge in [-0.3, -0.25) is 4.98 Å². The lowest BCUT2D eigenvalue weighted by molar-refractivity contribution is 0.500. The van der Waals surface area contributed by atoms with Crippen LogP contribution < -0.4 is 9.80 Å². The van der Waals surface area contributed by atoms with Crippen molar-refractivity contribution in [3.8, 4) is 0 Å². The summed E-state index contributed by atoms with van der Waals surface area (Å²) in [7, 11) is 0. The Balaban J connectivity index is 1.50. The molecule has 0 atom stereocenters. The van der Waals surface area contributed by atoms with E-state index >= 15 is 0 Å². The molecule has 4 rings (SSSR count). The summed E-state index contributed by atoms with van der Waals surface area (Å²) >= 11 is 0. The Morgan fingerprint density at radius 3 is 2.42 bits per heavy atom. The molecule has 2 saturated heterocycles. The molecule has 134 valence electrons. The molecule has 0 amide bonds. The minimum atomic E-state index is 0.411. The maximum Gasteiger partial charge on any atom is 0.150 e. The molecule has 0 radical (unpaired) electrons. The fourth-order valence-corrected chi connectivity index (χ4v) is 3.80. The average molecular weight is 347 g/mol. The van der Waals surface area contributed by atoms with Gasteiger partial charge in [-0.25, -0.2) is 9.97 Å². The van der Waals surface area contributed by atoms with Crippen molar-refractivity contribution in [3.63, 3.8) is 0 Å². The van der Waals surface area contributed by atoms with E-state index in [4.69, 9.17) is 4.98 Å². The molecule has 2 aliphatic heterocycles. The molecule has 0 aliphatic carbocycles. The lowest BCUT2D eigenvalue weighted by Gasteiger charge is -2.41. The van der Waals surface area contributed by atoms with Crippen molar-refractivity contribution in [1.82, 2.24) is 15.0 Å². The predicted octanol–water partition coefficient (Wildman–Crippen LogP) is 3.75. The summed E-state index contributed by atoms with van der Waals surface area (Å²) in [4.78, 5) is 18.8. The second-order valence-electron chi connectivity index (χ2n) is 6.97. The van der Waals surface area contributed by atoms with Crippen molar-refractivity contribution in [2.45, 2.75) is 25.2 Å². The zero-order chi connectivity index (χ0) is 17.9. The van der Waals surface area contributed by atoms with Gasteiger partial charge in [-0.05, 0) is 43.0 Å². The first kappa shape index (κ1) is 16.8. The number of aromatic nitrogens is 3. The van der Waals surface area contributed by atoms with Gasteiger partial charge >= 0.3 is 0 Å². The molecular formula is C21H25N5. The Morgan fingerprint density at radius 2 is 1.69 bits per heavy atom. The third-order valence-corrected chi connectivity index (χ3v) is 5.31. The number of hydrogen-bond donors (Lipinski definition) is 0.